The van der Waals surface area contributed by atoms with Crippen LogP contribution in [0.2, 0.25) is 0 Å². The summed E-state index contributed by atoms with van der Waals surface area (Å²) in [6.45, 7) is 6.16. The molecule has 6 nitrogen and oxygen atoms in total. The number of ketones is 2. The van der Waals surface area contributed by atoms with Crippen LogP contribution in [0.3, 0.4) is 0 Å². The molecule has 0 bridgehead atoms. The second-order valence-corrected chi connectivity index (χ2v) is 6.27. The summed E-state index contributed by atoms with van der Waals surface area (Å²) < 4.78 is 5.68. The van der Waals surface area contributed by atoms with Gasteiger partial charge in [0.2, 0.25) is 0 Å². The Morgan fingerprint density at radius 3 is 2.32 bits per heavy atom. The predicted octanol–water partition coefficient (Wildman–Crippen LogP) is 3.28. The molecule has 0 saturated heterocycles. The summed E-state index contributed by atoms with van der Waals surface area (Å²) >= 11 is 0. The maximum Gasteiger partial charge on any atom is 0.172 e. The van der Waals surface area contributed by atoms with E-state index in [9.17, 15) is 24.9 Å². The minimum atomic E-state index is -1.17. The Morgan fingerprint density at radius 2 is 1.80 bits per heavy atom. The minimum absolute atomic E-state index is 0.0384. The quantitative estimate of drug-likeness (QED) is 0.439. The Hall–Kier alpha value is -2.76. The highest BCUT2D eigenvalue weighted by Gasteiger charge is 2.46. The molecule has 3 N–H and O–H groups in total. The van der Waals surface area contributed by atoms with Gasteiger partial charge < -0.3 is 20.1 Å². The molecule has 0 spiro atoms. The lowest BCUT2D eigenvalue weighted by molar-refractivity contribution is -0.122. The number of hydrogen-bond acceptors (Lipinski definition) is 6. The van der Waals surface area contributed by atoms with Gasteiger partial charge in [-0.05, 0) is 44.4 Å². The molecule has 1 aromatic rings. The molecular formula is C19H22O6. The van der Waals surface area contributed by atoms with Crippen molar-refractivity contribution in [3.8, 4) is 17.2 Å². The molecule has 0 radical (unpaired) electrons. The molecular weight excluding hydrogens is 324 g/mol. The minimum Gasteiger partial charge on any atom is -0.512 e. The van der Waals surface area contributed by atoms with Crippen LogP contribution in [-0.2, 0) is 9.59 Å². The van der Waals surface area contributed by atoms with Crippen LogP contribution in [0.25, 0.3) is 5.57 Å². The molecule has 25 heavy (non-hydrogen) atoms. The van der Waals surface area contributed by atoms with Crippen molar-refractivity contribution in [2.45, 2.75) is 34.1 Å². The highest BCUT2D eigenvalue weighted by molar-refractivity contribution is 6.11. The summed E-state index contributed by atoms with van der Waals surface area (Å²) in [5.74, 6) is -1.18. The fourth-order valence-electron chi connectivity index (χ4n) is 3.12. The van der Waals surface area contributed by atoms with Gasteiger partial charge in [-0.1, -0.05) is 6.92 Å². The predicted molar refractivity (Wildman–Crippen MR) is 92.7 cm³/mol. The van der Waals surface area contributed by atoms with Crippen LogP contribution >= 0.6 is 0 Å². The van der Waals surface area contributed by atoms with E-state index in [1.807, 2.05) is 0 Å². The van der Waals surface area contributed by atoms with Gasteiger partial charge >= 0.3 is 0 Å². The number of hydrogen-bond donors (Lipinski definition) is 3. The molecule has 6 heteroatoms. The zero-order chi connectivity index (χ0) is 18.9. The van der Waals surface area contributed by atoms with Crippen LogP contribution in [0.5, 0.6) is 17.2 Å². The number of carbonyl (C=O) groups is 2. The van der Waals surface area contributed by atoms with Crippen molar-refractivity contribution >= 4 is 17.1 Å². The Bertz CT molecular complexity index is 798. The number of aliphatic hydroxyl groups excluding tert-OH is 1. The summed E-state index contributed by atoms with van der Waals surface area (Å²) in [5.41, 5.74) is 0.0275. The number of benzene rings is 1. The van der Waals surface area contributed by atoms with Crippen LogP contribution in [0.15, 0.2) is 29.5 Å². The number of fused-ring (bicyclic) bond motifs is 1. The first-order chi connectivity index (χ1) is 11.6. The maximum absolute atomic E-state index is 12.9. The van der Waals surface area contributed by atoms with E-state index >= 15 is 0 Å². The zero-order valence-electron chi connectivity index (χ0n) is 14.7. The second-order valence-electron chi connectivity index (χ2n) is 6.27. The van der Waals surface area contributed by atoms with Crippen molar-refractivity contribution in [3.05, 3.63) is 35.1 Å². The van der Waals surface area contributed by atoms with Gasteiger partial charge in [-0.3, -0.25) is 9.59 Å². The summed E-state index contributed by atoms with van der Waals surface area (Å²) in [6, 6.07) is 2.55. The Balaban J connectivity index is 2.84. The van der Waals surface area contributed by atoms with Gasteiger partial charge in [-0.15, -0.1) is 0 Å². The summed E-state index contributed by atoms with van der Waals surface area (Å²) in [5, 5.41) is 29.1. The molecule has 134 valence electrons. The van der Waals surface area contributed by atoms with Crippen molar-refractivity contribution in [2.24, 2.45) is 5.41 Å². The fourth-order valence-corrected chi connectivity index (χ4v) is 3.12. The van der Waals surface area contributed by atoms with Crippen molar-refractivity contribution in [1.29, 1.82) is 0 Å². The molecule has 0 saturated carbocycles. The molecule has 1 atom stereocenters. The standard InChI is InChI=1S/C19H22O6/c1-5-19(17(24)6-10(2)20)9-25-16-8-15(23)14(22)7-13(16)18(19)11(3)12(4)21/h6-8,20,22-23H,5,9H2,1-4H3/b10-6-,18-11+. The van der Waals surface area contributed by atoms with E-state index < -0.39 is 5.41 Å². The number of carbonyl (C=O) groups excluding carboxylic acids is 2. The molecule has 1 aliphatic rings. The van der Waals surface area contributed by atoms with E-state index in [2.05, 4.69) is 0 Å². The zero-order valence-corrected chi connectivity index (χ0v) is 14.7. The fraction of sp³-hybridized carbons (Fsp3) is 0.368. The van der Waals surface area contributed by atoms with Gasteiger partial charge in [0.15, 0.2) is 23.1 Å². The molecule has 1 aliphatic heterocycles. The van der Waals surface area contributed by atoms with Crippen molar-refractivity contribution in [1.82, 2.24) is 0 Å². The molecule has 1 unspecified atom stereocenters. The number of allylic oxidation sites excluding steroid dienone is 3. The lowest BCUT2D eigenvalue weighted by Crippen LogP contribution is -2.41. The second kappa shape index (κ2) is 6.63. The monoisotopic (exact) mass is 346 g/mol. The number of aliphatic hydroxyl groups is 1. The van der Waals surface area contributed by atoms with Crippen LogP contribution in [0.4, 0.5) is 0 Å². The normalized spacial score (nSPS) is 22.0. The number of phenolic OH excluding ortho intramolecular Hbond substituents is 2. The number of ether oxygens (including phenoxy) is 1. The highest BCUT2D eigenvalue weighted by Crippen LogP contribution is 2.51. The largest absolute Gasteiger partial charge is 0.512 e. The van der Waals surface area contributed by atoms with E-state index in [4.69, 9.17) is 4.74 Å². The number of rotatable bonds is 4. The maximum atomic E-state index is 12.9. The summed E-state index contributed by atoms with van der Waals surface area (Å²) in [4.78, 5) is 25.0. The molecule has 2 rings (SSSR count). The van der Waals surface area contributed by atoms with E-state index in [1.54, 1.807) is 13.8 Å². The van der Waals surface area contributed by atoms with Crippen molar-refractivity contribution < 1.29 is 29.6 Å². The van der Waals surface area contributed by atoms with E-state index in [0.29, 0.717) is 23.1 Å². The molecule has 0 amide bonds. The van der Waals surface area contributed by atoms with Gasteiger partial charge in [-0.2, -0.15) is 0 Å². The third kappa shape index (κ3) is 3.12. The van der Waals surface area contributed by atoms with Crippen molar-refractivity contribution in [3.63, 3.8) is 0 Å². The van der Waals surface area contributed by atoms with Crippen molar-refractivity contribution in [2.75, 3.05) is 6.61 Å². The van der Waals surface area contributed by atoms with Crippen LogP contribution < -0.4 is 4.74 Å². The number of phenols is 2. The first-order valence-corrected chi connectivity index (χ1v) is 7.97. The smallest absolute Gasteiger partial charge is 0.172 e. The lowest BCUT2D eigenvalue weighted by Gasteiger charge is -2.39. The van der Waals surface area contributed by atoms with Gasteiger partial charge in [0.25, 0.3) is 0 Å². The molecule has 0 fully saturated rings. The molecule has 0 aromatic heterocycles. The lowest BCUT2D eigenvalue weighted by atomic mass is 9.68. The average Bonchev–Trinajstić information content (AvgIpc) is 2.53. The Morgan fingerprint density at radius 1 is 1.20 bits per heavy atom. The van der Waals surface area contributed by atoms with E-state index in [1.165, 1.54) is 26.0 Å². The SMILES string of the molecule is CCC1(C(=O)/C=C(/C)O)COc2cc(O)c(O)cc2/C1=C(/C)C(C)=O. The topological polar surface area (TPSA) is 104 Å². The average molecular weight is 346 g/mol. The Kier molecular flexibility index (Phi) is 4.92. The van der Waals surface area contributed by atoms with Crippen LogP contribution in [0, 0.1) is 5.41 Å². The van der Waals surface area contributed by atoms with E-state index in [0.717, 1.165) is 6.08 Å². The van der Waals surface area contributed by atoms with Gasteiger partial charge in [0, 0.05) is 17.7 Å². The summed E-state index contributed by atoms with van der Waals surface area (Å²) in [6.07, 6.45) is 1.45. The highest BCUT2D eigenvalue weighted by atomic mass is 16.5. The number of Topliss-reactive ketones (excluding diaryl/α,β-unsaturated/α-hetero) is 1. The third-order valence-corrected chi connectivity index (χ3v) is 4.62. The molecule has 1 heterocycles. The third-order valence-electron chi connectivity index (χ3n) is 4.62. The summed E-state index contributed by atoms with van der Waals surface area (Å²) in [7, 11) is 0. The first kappa shape index (κ1) is 18.6. The molecule has 1 aromatic carbocycles. The Labute approximate surface area is 146 Å². The first-order valence-electron chi connectivity index (χ1n) is 7.97. The van der Waals surface area contributed by atoms with Crippen LogP contribution in [0.1, 0.15) is 39.7 Å². The van der Waals surface area contributed by atoms with Gasteiger partial charge in [0.05, 0.1) is 11.2 Å². The van der Waals surface area contributed by atoms with Gasteiger partial charge in [0.1, 0.15) is 12.4 Å². The van der Waals surface area contributed by atoms with E-state index in [-0.39, 0.29) is 41.2 Å². The number of aromatic hydroxyl groups is 2. The van der Waals surface area contributed by atoms with Gasteiger partial charge in [-0.25, -0.2) is 0 Å². The molecule has 0 aliphatic carbocycles. The van der Waals surface area contributed by atoms with Crippen LogP contribution in [-0.4, -0.2) is 33.5 Å².